The highest BCUT2D eigenvalue weighted by Gasteiger charge is 2.44. The van der Waals surface area contributed by atoms with Gasteiger partial charge in [0.05, 0.1) is 25.4 Å². The van der Waals surface area contributed by atoms with Gasteiger partial charge in [0.15, 0.2) is 6.29 Å². The summed E-state index contributed by atoms with van der Waals surface area (Å²) in [6.45, 7) is 3.50. The fraction of sp³-hybridized carbons (Fsp3) is 0.952. The number of rotatable bonds is 55. The van der Waals surface area contributed by atoms with Gasteiger partial charge in [-0.2, -0.15) is 0 Å². The van der Waals surface area contributed by atoms with E-state index in [1.54, 1.807) is 0 Å². The van der Waals surface area contributed by atoms with Crippen LogP contribution in [-0.4, -0.2) is 110 Å². The first-order valence-electron chi connectivity index (χ1n) is 31.6. The number of hydrogen-bond acceptors (Lipinski definition) is 10. The summed E-state index contributed by atoms with van der Waals surface area (Å²) in [6, 6.07) is -1.17. The minimum atomic E-state index is -1.66. The van der Waals surface area contributed by atoms with E-state index >= 15 is 0 Å². The second-order valence-electron chi connectivity index (χ2n) is 22.5. The van der Waals surface area contributed by atoms with Crippen molar-refractivity contribution >= 4 is 5.91 Å². The highest BCUT2D eigenvalue weighted by atomic mass is 16.7. The van der Waals surface area contributed by atoms with E-state index in [2.05, 4.69) is 31.3 Å². The van der Waals surface area contributed by atoms with E-state index < -0.39 is 74.2 Å². The summed E-state index contributed by atoms with van der Waals surface area (Å²) in [5, 5.41) is 76.3. The third-order valence-corrected chi connectivity index (χ3v) is 15.6. The van der Waals surface area contributed by atoms with Crippen LogP contribution in [0.2, 0.25) is 0 Å². The summed E-state index contributed by atoms with van der Waals surface area (Å²) in [6.07, 6.45) is 49.8. The Hall–Kier alpha value is -1.15. The maximum atomic E-state index is 13.2. The standard InChI is InChI=1S/C62H121NO10/c1-3-5-7-9-11-13-15-17-19-21-23-25-27-28-30-32-34-36-38-40-42-44-46-48-50-55(66)61(71)63-53(52-72-62-60(70)59(69)58(68)56(51-64)73-62)57(67)54(65)49-47-45-43-41-39-37-35-33-31-29-26-24-22-20-18-16-14-12-10-8-6-4-2/h28,30,53-60,62,64-70H,3-27,29,31-52H2,1-2H3,(H,63,71)/b30-28-. The molecule has 0 saturated carbocycles. The second-order valence-corrected chi connectivity index (χ2v) is 22.5. The number of hydrogen-bond donors (Lipinski definition) is 8. The molecule has 11 nitrogen and oxygen atoms in total. The lowest BCUT2D eigenvalue weighted by molar-refractivity contribution is -0.303. The van der Waals surface area contributed by atoms with Gasteiger partial charge < -0.3 is 50.5 Å². The summed E-state index contributed by atoms with van der Waals surface area (Å²) in [4.78, 5) is 13.2. The molecule has 0 aliphatic carbocycles. The summed E-state index contributed by atoms with van der Waals surface area (Å²) < 4.78 is 11.2. The van der Waals surface area contributed by atoms with Crippen LogP contribution in [-0.2, 0) is 14.3 Å². The molecule has 1 amide bonds. The average Bonchev–Trinajstić information content (AvgIpc) is 3.39. The second kappa shape index (κ2) is 51.6. The lowest BCUT2D eigenvalue weighted by Crippen LogP contribution is -2.60. The van der Waals surface area contributed by atoms with Crippen LogP contribution in [0.4, 0.5) is 0 Å². The number of allylic oxidation sites excluding steroid dienone is 2. The molecule has 1 fully saturated rings. The molecule has 73 heavy (non-hydrogen) atoms. The minimum absolute atomic E-state index is 0.260. The van der Waals surface area contributed by atoms with Gasteiger partial charge in [-0.3, -0.25) is 4.79 Å². The molecule has 1 aliphatic heterocycles. The third kappa shape index (κ3) is 39.8. The summed E-state index contributed by atoms with van der Waals surface area (Å²) in [7, 11) is 0. The van der Waals surface area contributed by atoms with Crippen molar-refractivity contribution in [3.8, 4) is 0 Å². The Balaban J connectivity index is 2.26. The molecule has 8 N–H and O–H groups in total. The maximum absolute atomic E-state index is 13.2. The normalized spacial score (nSPS) is 19.9. The fourth-order valence-electron chi connectivity index (χ4n) is 10.4. The van der Waals surface area contributed by atoms with Gasteiger partial charge in [-0.25, -0.2) is 0 Å². The molecule has 0 aromatic heterocycles. The van der Waals surface area contributed by atoms with E-state index in [0.29, 0.717) is 19.3 Å². The van der Waals surface area contributed by atoms with Gasteiger partial charge in [-0.05, 0) is 38.5 Å². The lowest BCUT2D eigenvalue weighted by atomic mass is 9.98. The highest BCUT2D eigenvalue weighted by Crippen LogP contribution is 2.24. The zero-order valence-electron chi connectivity index (χ0n) is 47.6. The van der Waals surface area contributed by atoms with Crippen LogP contribution < -0.4 is 5.32 Å². The van der Waals surface area contributed by atoms with E-state index in [4.69, 9.17) is 9.47 Å². The van der Waals surface area contributed by atoms with E-state index in [1.807, 2.05) is 0 Å². The zero-order valence-corrected chi connectivity index (χ0v) is 47.6. The van der Waals surface area contributed by atoms with Gasteiger partial charge in [-0.1, -0.05) is 283 Å². The topological polar surface area (TPSA) is 189 Å². The van der Waals surface area contributed by atoms with Crippen LogP contribution in [0.3, 0.4) is 0 Å². The summed E-state index contributed by atoms with van der Waals surface area (Å²) >= 11 is 0. The van der Waals surface area contributed by atoms with Crippen molar-refractivity contribution in [1.29, 1.82) is 0 Å². The first kappa shape index (κ1) is 69.9. The molecule has 1 heterocycles. The van der Waals surface area contributed by atoms with Gasteiger partial charge >= 0.3 is 0 Å². The molecule has 0 radical (unpaired) electrons. The Morgan fingerprint density at radius 3 is 1.15 bits per heavy atom. The number of ether oxygens (including phenoxy) is 2. The van der Waals surface area contributed by atoms with Crippen molar-refractivity contribution in [3.05, 3.63) is 12.2 Å². The molecule has 0 bridgehead atoms. The van der Waals surface area contributed by atoms with Crippen LogP contribution in [0, 0.1) is 0 Å². The molecule has 0 aromatic rings. The minimum Gasteiger partial charge on any atom is -0.394 e. The number of amides is 1. The summed E-state index contributed by atoms with van der Waals surface area (Å²) in [5.41, 5.74) is 0. The molecule has 0 aromatic carbocycles. The molecule has 1 saturated heterocycles. The molecule has 434 valence electrons. The predicted octanol–water partition coefficient (Wildman–Crippen LogP) is 13.9. The Kier molecular flexibility index (Phi) is 49.4. The van der Waals surface area contributed by atoms with Crippen molar-refractivity contribution in [2.75, 3.05) is 13.2 Å². The quantitative estimate of drug-likeness (QED) is 0.0215. The van der Waals surface area contributed by atoms with Crippen LogP contribution >= 0.6 is 0 Å². The third-order valence-electron chi connectivity index (χ3n) is 15.6. The predicted molar refractivity (Wildman–Crippen MR) is 303 cm³/mol. The maximum Gasteiger partial charge on any atom is 0.249 e. The average molecular weight is 1040 g/mol. The molecule has 0 spiro atoms. The van der Waals surface area contributed by atoms with Crippen LogP contribution in [0.15, 0.2) is 12.2 Å². The zero-order chi connectivity index (χ0) is 53.3. The highest BCUT2D eigenvalue weighted by molar-refractivity contribution is 5.80. The van der Waals surface area contributed by atoms with Crippen molar-refractivity contribution in [3.63, 3.8) is 0 Å². The molecule has 9 atom stereocenters. The lowest BCUT2D eigenvalue weighted by Gasteiger charge is -2.40. The first-order valence-corrected chi connectivity index (χ1v) is 31.6. The number of carbonyl (C=O) groups excluding carboxylic acids is 1. The van der Waals surface area contributed by atoms with Gasteiger partial charge in [0.25, 0.3) is 0 Å². The number of carbonyl (C=O) groups is 1. The van der Waals surface area contributed by atoms with E-state index in [9.17, 15) is 40.5 Å². The van der Waals surface area contributed by atoms with Crippen LogP contribution in [0.25, 0.3) is 0 Å². The van der Waals surface area contributed by atoms with Crippen molar-refractivity contribution in [2.24, 2.45) is 0 Å². The molecular formula is C62H121NO10. The number of nitrogens with one attached hydrogen (secondary N) is 1. The van der Waals surface area contributed by atoms with Crippen molar-refractivity contribution in [1.82, 2.24) is 5.32 Å². The largest absolute Gasteiger partial charge is 0.394 e. The van der Waals surface area contributed by atoms with Gasteiger partial charge in [0.2, 0.25) is 5.91 Å². The van der Waals surface area contributed by atoms with Crippen molar-refractivity contribution < 1.29 is 50.0 Å². The van der Waals surface area contributed by atoms with Crippen LogP contribution in [0.5, 0.6) is 0 Å². The van der Waals surface area contributed by atoms with Gasteiger partial charge in [-0.15, -0.1) is 0 Å². The SMILES string of the molecule is CCCCCCCCCCCCCC/C=C\CCCCCCCCCCC(O)C(=O)NC(COC1OC(CO)C(O)C(O)C1O)C(O)C(O)CCCCCCCCCCCCCCCCCCCCCCCC. The smallest absolute Gasteiger partial charge is 0.249 e. The number of aliphatic hydroxyl groups excluding tert-OH is 7. The van der Waals surface area contributed by atoms with Crippen molar-refractivity contribution in [2.45, 2.75) is 364 Å². The number of unbranched alkanes of at least 4 members (excludes halogenated alkanes) is 41. The Labute approximate surface area is 449 Å². The fourth-order valence-corrected chi connectivity index (χ4v) is 10.4. The first-order chi connectivity index (χ1) is 35.7. The van der Waals surface area contributed by atoms with Gasteiger partial charge in [0, 0.05) is 0 Å². The van der Waals surface area contributed by atoms with Gasteiger partial charge in [0.1, 0.15) is 36.6 Å². The Morgan fingerprint density at radius 1 is 0.466 bits per heavy atom. The van der Waals surface area contributed by atoms with E-state index in [-0.39, 0.29) is 6.42 Å². The summed E-state index contributed by atoms with van der Waals surface area (Å²) in [5.74, 6) is -0.693. The molecule has 1 aliphatic rings. The monoisotopic (exact) mass is 1040 g/mol. The molecule has 11 heteroatoms. The molecule has 1 rings (SSSR count). The Bertz CT molecular complexity index is 1190. The van der Waals surface area contributed by atoms with E-state index in [1.165, 1.54) is 225 Å². The molecular weight excluding hydrogens is 919 g/mol. The Morgan fingerprint density at radius 2 is 0.795 bits per heavy atom. The van der Waals surface area contributed by atoms with Crippen LogP contribution in [0.1, 0.15) is 309 Å². The van der Waals surface area contributed by atoms with E-state index in [0.717, 1.165) is 44.9 Å². The molecule has 9 unspecified atom stereocenters. The number of aliphatic hydroxyl groups is 7.